The molecule has 1 atom stereocenters. The number of hydrogen-bond donors (Lipinski definition) is 1. The standard InChI is InChI=1S/C16H26ClN3O/c1-12(2)18-9-13-8-15(17)16(19-10-13)21-11-14-6-4-5-7-20(14)3/h8,10,12,14,18H,4-7,9,11H2,1-3H3. The Labute approximate surface area is 132 Å². The molecule has 1 aromatic heterocycles. The molecule has 0 bridgehead atoms. The Morgan fingerprint density at radius 3 is 2.95 bits per heavy atom. The van der Waals surface area contributed by atoms with Crippen LogP contribution in [0.2, 0.25) is 5.02 Å². The lowest BCUT2D eigenvalue weighted by molar-refractivity contribution is 0.122. The highest BCUT2D eigenvalue weighted by Gasteiger charge is 2.20. The predicted octanol–water partition coefficient (Wildman–Crippen LogP) is 3.10. The predicted molar refractivity (Wildman–Crippen MR) is 87.0 cm³/mol. The number of pyridine rings is 1. The SMILES string of the molecule is CC(C)NCc1cnc(OCC2CCCCN2C)c(Cl)c1. The Morgan fingerprint density at radius 2 is 2.29 bits per heavy atom. The molecular formula is C16H26ClN3O. The number of aromatic nitrogens is 1. The second kappa shape index (κ2) is 7.97. The van der Waals surface area contributed by atoms with E-state index in [1.807, 2.05) is 12.3 Å². The van der Waals surface area contributed by atoms with E-state index >= 15 is 0 Å². The first-order valence-electron chi connectivity index (χ1n) is 7.77. The van der Waals surface area contributed by atoms with Gasteiger partial charge >= 0.3 is 0 Å². The van der Waals surface area contributed by atoms with Gasteiger partial charge in [0.05, 0.1) is 0 Å². The number of halogens is 1. The second-order valence-corrected chi connectivity index (χ2v) is 6.51. The molecule has 1 unspecified atom stereocenters. The molecule has 0 radical (unpaired) electrons. The number of rotatable bonds is 6. The van der Waals surface area contributed by atoms with Crippen LogP contribution in [0.15, 0.2) is 12.3 Å². The van der Waals surface area contributed by atoms with E-state index in [2.05, 4.69) is 36.1 Å². The molecule has 4 nitrogen and oxygen atoms in total. The molecule has 0 saturated carbocycles. The van der Waals surface area contributed by atoms with Gasteiger partial charge in [-0.2, -0.15) is 0 Å². The summed E-state index contributed by atoms with van der Waals surface area (Å²) in [5, 5.41) is 3.95. The molecule has 118 valence electrons. The number of ether oxygens (including phenoxy) is 1. The van der Waals surface area contributed by atoms with Crippen molar-refractivity contribution in [3.63, 3.8) is 0 Å². The number of nitrogens with zero attached hydrogens (tertiary/aromatic N) is 2. The van der Waals surface area contributed by atoms with Crippen LogP contribution in [0.5, 0.6) is 5.88 Å². The summed E-state index contributed by atoms with van der Waals surface area (Å²) in [6.07, 6.45) is 5.58. The molecule has 5 heteroatoms. The summed E-state index contributed by atoms with van der Waals surface area (Å²) >= 11 is 6.27. The van der Waals surface area contributed by atoms with Crippen molar-refractivity contribution in [1.29, 1.82) is 0 Å². The molecular weight excluding hydrogens is 286 g/mol. The largest absolute Gasteiger partial charge is 0.475 e. The topological polar surface area (TPSA) is 37.4 Å². The van der Waals surface area contributed by atoms with Crippen LogP contribution in [0.4, 0.5) is 0 Å². The van der Waals surface area contributed by atoms with Crippen LogP contribution in [-0.4, -0.2) is 42.2 Å². The third-order valence-corrected chi connectivity index (χ3v) is 4.18. The van der Waals surface area contributed by atoms with Gasteiger partial charge in [-0.1, -0.05) is 31.9 Å². The van der Waals surface area contributed by atoms with Crippen molar-refractivity contribution in [2.75, 3.05) is 20.2 Å². The number of hydrogen-bond acceptors (Lipinski definition) is 4. The quantitative estimate of drug-likeness (QED) is 0.876. The molecule has 0 aromatic carbocycles. The summed E-state index contributed by atoms with van der Waals surface area (Å²) in [7, 11) is 2.16. The van der Waals surface area contributed by atoms with Gasteiger partial charge < -0.3 is 15.0 Å². The minimum Gasteiger partial charge on any atom is -0.475 e. The van der Waals surface area contributed by atoms with Crippen molar-refractivity contribution in [3.05, 3.63) is 22.8 Å². The zero-order valence-corrected chi connectivity index (χ0v) is 14.0. The van der Waals surface area contributed by atoms with Crippen molar-refractivity contribution < 1.29 is 4.74 Å². The average Bonchev–Trinajstić information content (AvgIpc) is 2.45. The lowest BCUT2D eigenvalue weighted by Gasteiger charge is -2.32. The van der Waals surface area contributed by atoms with Crippen LogP contribution < -0.4 is 10.1 Å². The maximum absolute atomic E-state index is 6.27. The first kappa shape index (κ1) is 16.5. The highest BCUT2D eigenvalue weighted by atomic mass is 35.5. The molecule has 2 rings (SSSR count). The van der Waals surface area contributed by atoms with Gasteiger partial charge in [0.1, 0.15) is 11.6 Å². The Morgan fingerprint density at radius 1 is 1.48 bits per heavy atom. The summed E-state index contributed by atoms with van der Waals surface area (Å²) in [6.45, 7) is 6.82. The monoisotopic (exact) mass is 311 g/mol. The molecule has 21 heavy (non-hydrogen) atoms. The van der Waals surface area contributed by atoms with Crippen molar-refractivity contribution in [2.45, 2.75) is 51.7 Å². The highest BCUT2D eigenvalue weighted by molar-refractivity contribution is 6.31. The Hall–Kier alpha value is -0.840. The van der Waals surface area contributed by atoms with Gasteiger partial charge in [-0.3, -0.25) is 0 Å². The molecule has 0 aliphatic carbocycles. The molecule has 0 amide bonds. The molecule has 1 fully saturated rings. The zero-order valence-electron chi connectivity index (χ0n) is 13.2. The van der Waals surface area contributed by atoms with E-state index in [1.165, 1.54) is 19.3 Å². The first-order valence-corrected chi connectivity index (χ1v) is 8.15. The molecule has 1 saturated heterocycles. The Kier molecular flexibility index (Phi) is 6.27. The smallest absolute Gasteiger partial charge is 0.232 e. The number of likely N-dealkylation sites (tertiary alicyclic amines) is 1. The fourth-order valence-electron chi connectivity index (χ4n) is 2.52. The number of likely N-dealkylation sites (N-methyl/N-ethyl adjacent to an activating group) is 1. The van der Waals surface area contributed by atoms with E-state index < -0.39 is 0 Å². The third-order valence-electron chi connectivity index (χ3n) is 3.91. The fraction of sp³-hybridized carbons (Fsp3) is 0.688. The molecule has 1 aromatic rings. The van der Waals surface area contributed by atoms with Gasteiger partial charge in [0.15, 0.2) is 0 Å². The molecule has 1 N–H and O–H groups in total. The lowest BCUT2D eigenvalue weighted by Crippen LogP contribution is -2.40. The van der Waals surface area contributed by atoms with Crippen LogP contribution >= 0.6 is 11.6 Å². The minimum absolute atomic E-state index is 0.446. The first-order chi connectivity index (χ1) is 10.1. The minimum atomic E-state index is 0.446. The average molecular weight is 312 g/mol. The summed E-state index contributed by atoms with van der Waals surface area (Å²) in [4.78, 5) is 6.71. The van der Waals surface area contributed by atoms with E-state index in [4.69, 9.17) is 16.3 Å². The van der Waals surface area contributed by atoms with E-state index in [0.29, 0.717) is 29.6 Å². The van der Waals surface area contributed by atoms with Gasteiger partial charge in [-0.15, -0.1) is 0 Å². The van der Waals surface area contributed by atoms with Crippen LogP contribution in [0.25, 0.3) is 0 Å². The second-order valence-electron chi connectivity index (χ2n) is 6.11. The van der Waals surface area contributed by atoms with Gasteiger partial charge in [0.25, 0.3) is 0 Å². The number of piperidine rings is 1. The molecule has 1 aliphatic rings. The van der Waals surface area contributed by atoms with E-state index in [-0.39, 0.29) is 0 Å². The van der Waals surface area contributed by atoms with E-state index in [0.717, 1.165) is 18.7 Å². The van der Waals surface area contributed by atoms with Crippen molar-refractivity contribution in [3.8, 4) is 5.88 Å². The molecule has 2 heterocycles. The van der Waals surface area contributed by atoms with E-state index in [1.54, 1.807) is 0 Å². The van der Waals surface area contributed by atoms with Gasteiger partial charge in [-0.05, 0) is 38.1 Å². The summed E-state index contributed by atoms with van der Waals surface area (Å²) in [5.74, 6) is 0.545. The maximum Gasteiger partial charge on any atom is 0.232 e. The molecule has 1 aliphatic heterocycles. The highest BCUT2D eigenvalue weighted by Crippen LogP contribution is 2.24. The normalized spacial score (nSPS) is 20.0. The number of nitrogens with one attached hydrogen (secondary N) is 1. The van der Waals surface area contributed by atoms with Crippen molar-refractivity contribution >= 4 is 11.6 Å². The van der Waals surface area contributed by atoms with Crippen LogP contribution in [0.1, 0.15) is 38.7 Å². The maximum atomic E-state index is 6.27. The van der Waals surface area contributed by atoms with Gasteiger partial charge in [0, 0.05) is 24.8 Å². The summed E-state index contributed by atoms with van der Waals surface area (Å²) in [5.41, 5.74) is 1.08. The van der Waals surface area contributed by atoms with E-state index in [9.17, 15) is 0 Å². The zero-order chi connectivity index (χ0) is 15.2. The lowest BCUT2D eigenvalue weighted by atomic mass is 10.0. The van der Waals surface area contributed by atoms with Crippen molar-refractivity contribution in [1.82, 2.24) is 15.2 Å². The molecule has 0 spiro atoms. The van der Waals surface area contributed by atoms with Crippen LogP contribution in [0, 0.1) is 0 Å². The Bertz CT molecular complexity index is 453. The van der Waals surface area contributed by atoms with Gasteiger partial charge in [0.2, 0.25) is 5.88 Å². The van der Waals surface area contributed by atoms with Crippen LogP contribution in [-0.2, 0) is 6.54 Å². The summed E-state index contributed by atoms with van der Waals surface area (Å²) < 4.78 is 5.82. The summed E-state index contributed by atoms with van der Waals surface area (Å²) in [6, 6.07) is 2.85. The van der Waals surface area contributed by atoms with Gasteiger partial charge in [-0.25, -0.2) is 4.98 Å². The Balaban J connectivity index is 1.88. The van der Waals surface area contributed by atoms with Crippen molar-refractivity contribution in [2.24, 2.45) is 0 Å². The van der Waals surface area contributed by atoms with Crippen LogP contribution in [0.3, 0.4) is 0 Å². The fourth-order valence-corrected chi connectivity index (χ4v) is 2.76. The third kappa shape index (κ3) is 5.13.